The molecule has 0 radical (unpaired) electrons. The summed E-state index contributed by atoms with van der Waals surface area (Å²) in [5.74, 6) is 0.564. The van der Waals surface area contributed by atoms with Gasteiger partial charge in [0, 0.05) is 24.7 Å². The summed E-state index contributed by atoms with van der Waals surface area (Å²) in [4.78, 5) is 27.2. The highest BCUT2D eigenvalue weighted by Gasteiger charge is 2.30. The maximum Gasteiger partial charge on any atom is 0.263 e. The Hall–Kier alpha value is -3.60. The summed E-state index contributed by atoms with van der Waals surface area (Å²) >= 11 is 0. The number of para-hydroxylation sites is 1. The van der Waals surface area contributed by atoms with E-state index in [1.807, 2.05) is 72.8 Å². The lowest BCUT2D eigenvalue weighted by Crippen LogP contribution is -2.46. The summed E-state index contributed by atoms with van der Waals surface area (Å²) in [6.45, 7) is 2.90. The number of benzene rings is 3. The SMILES string of the molecule is CC(Oc1ccc(-c2ccccc2)cc1)C(=O)N1CCC(C(=O)Nc2ccccc2)CC1. The molecule has 1 N–H and O–H groups in total. The van der Waals surface area contributed by atoms with Gasteiger partial charge in [-0.05, 0) is 55.2 Å². The summed E-state index contributed by atoms with van der Waals surface area (Å²) in [5, 5.41) is 2.96. The normalized spacial score (nSPS) is 15.1. The molecule has 164 valence electrons. The lowest BCUT2D eigenvalue weighted by atomic mass is 9.95. The van der Waals surface area contributed by atoms with Gasteiger partial charge < -0.3 is 15.0 Å². The van der Waals surface area contributed by atoms with Crippen LogP contribution in [0.25, 0.3) is 11.1 Å². The number of hydrogen-bond donors (Lipinski definition) is 1. The second-order valence-electron chi connectivity index (χ2n) is 8.11. The van der Waals surface area contributed by atoms with Crippen LogP contribution in [0.3, 0.4) is 0 Å². The maximum absolute atomic E-state index is 12.9. The topological polar surface area (TPSA) is 58.6 Å². The summed E-state index contributed by atoms with van der Waals surface area (Å²) in [6, 6.07) is 27.4. The van der Waals surface area contributed by atoms with E-state index >= 15 is 0 Å². The summed E-state index contributed by atoms with van der Waals surface area (Å²) < 4.78 is 5.90. The highest BCUT2D eigenvalue weighted by Crippen LogP contribution is 2.24. The van der Waals surface area contributed by atoms with Crippen molar-refractivity contribution in [1.82, 2.24) is 4.90 Å². The molecule has 5 heteroatoms. The zero-order valence-electron chi connectivity index (χ0n) is 18.2. The van der Waals surface area contributed by atoms with Crippen LogP contribution in [0.1, 0.15) is 19.8 Å². The van der Waals surface area contributed by atoms with Crippen LogP contribution in [0, 0.1) is 5.92 Å². The van der Waals surface area contributed by atoms with Crippen molar-refractivity contribution in [2.75, 3.05) is 18.4 Å². The summed E-state index contributed by atoms with van der Waals surface area (Å²) in [5.41, 5.74) is 3.05. The van der Waals surface area contributed by atoms with E-state index in [1.165, 1.54) is 0 Å². The Kier molecular flexibility index (Phi) is 6.85. The van der Waals surface area contributed by atoms with Gasteiger partial charge >= 0.3 is 0 Å². The molecule has 0 bridgehead atoms. The highest BCUT2D eigenvalue weighted by molar-refractivity contribution is 5.92. The van der Waals surface area contributed by atoms with Crippen molar-refractivity contribution in [3.8, 4) is 16.9 Å². The van der Waals surface area contributed by atoms with Crippen molar-refractivity contribution in [1.29, 1.82) is 0 Å². The molecule has 4 rings (SSSR count). The molecule has 2 amide bonds. The van der Waals surface area contributed by atoms with E-state index < -0.39 is 6.10 Å². The number of carbonyl (C=O) groups is 2. The third kappa shape index (κ3) is 5.35. The molecule has 1 saturated heterocycles. The summed E-state index contributed by atoms with van der Waals surface area (Å²) in [7, 11) is 0. The van der Waals surface area contributed by atoms with Gasteiger partial charge in [0.2, 0.25) is 5.91 Å². The van der Waals surface area contributed by atoms with E-state index in [0.717, 1.165) is 16.8 Å². The molecule has 32 heavy (non-hydrogen) atoms. The van der Waals surface area contributed by atoms with E-state index in [4.69, 9.17) is 4.74 Å². The monoisotopic (exact) mass is 428 g/mol. The van der Waals surface area contributed by atoms with Crippen LogP contribution in [0.2, 0.25) is 0 Å². The van der Waals surface area contributed by atoms with Crippen LogP contribution < -0.4 is 10.1 Å². The first-order valence-electron chi connectivity index (χ1n) is 11.1. The Bertz CT molecular complexity index is 1030. The number of carbonyl (C=O) groups excluding carboxylic acids is 2. The van der Waals surface area contributed by atoms with E-state index in [1.54, 1.807) is 11.8 Å². The molecule has 1 unspecified atom stereocenters. The molecule has 1 aliphatic rings. The lowest BCUT2D eigenvalue weighted by Gasteiger charge is -2.33. The third-order valence-electron chi connectivity index (χ3n) is 5.84. The van der Waals surface area contributed by atoms with Crippen molar-refractivity contribution in [2.24, 2.45) is 5.92 Å². The molecule has 1 atom stereocenters. The van der Waals surface area contributed by atoms with Crippen molar-refractivity contribution in [3.63, 3.8) is 0 Å². The quantitative estimate of drug-likeness (QED) is 0.601. The number of nitrogens with one attached hydrogen (secondary N) is 1. The maximum atomic E-state index is 12.9. The van der Waals surface area contributed by atoms with Crippen molar-refractivity contribution >= 4 is 17.5 Å². The average Bonchev–Trinajstić information content (AvgIpc) is 2.85. The third-order valence-corrected chi connectivity index (χ3v) is 5.84. The summed E-state index contributed by atoms with van der Waals surface area (Å²) in [6.07, 6.45) is 0.735. The molecule has 1 aliphatic heterocycles. The van der Waals surface area contributed by atoms with Gasteiger partial charge in [-0.15, -0.1) is 0 Å². The first kappa shape index (κ1) is 21.6. The van der Waals surface area contributed by atoms with Crippen LogP contribution >= 0.6 is 0 Å². The average molecular weight is 429 g/mol. The molecular weight excluding hydrogens is 400 g/mol. The first-order chi connectivity index (χ1) is 15.6. The van der Waals surface area contributed by atoms with Gasteiger partial charge in [0.25, 0.3) is 5.91 Å². The van der Waals surface area contributed by atoms with Crippen LogP contribution in [0.15, 0.2) is 84.9 Å². The molecular formula is C27H28N2O3. The smallest absolute Gasteiger partial charge is 0.263 e. The van der Waals surface area contributed by atoms with Crippen LogP contribution in [-0.4, -0.2) is 35.9 Å². The van der Waals surface area contributed by atoms with Gasteiger partial charge in [-0.3, -0.25) is 9.59 Å². The highest BCUT2D eigenvalue weighted by atomic mass is 16.5. The van der Waals surface area contributed by atoms with Crippen molar-refractivity contribution in [2.45, 2.75) is 25.9 Å². The molecule has 3 aromatic rings. The molecule has 3 aromatic carbocycles. The number of anilines is 1. The number of amides is 2. The van der Waals surface area contributed by atoms with Gasteiger partial charge in [0.1, 0.15) is 5.75 Å². The standard InChI is InChI=1S/C27H28N2O3/c1-20(32-25-14-12-22(13-15-25)21-8-4-2-5-9-21)27(31)29-18-16-23(17-19-29)26(30)28-24-10-6-3-7-11-24/h2-15,20,23H,16-19H2,1H3,(H,28,30). The Morgan fingerprint density at radius 1 is 0.844 bits per heavy atom. The zero-order chi connectivity index (χ0) is 22.3. The van der Waals surface area contributed by atoms with Crippen LogP contribution in [0.5, 0.6) is 5.75 Å². The number of likely N-dealkylation sites (tertiary alicyclic amines) is 1. The fraction of sp³-hybridized carbons (Fsp3) is 0.259. The van der Waals surface area contributed by atoms with Crippen molar-refractivity contribution in [3.05, 3.63) is 84.9 Å². The van der Waals surface area contributed by atoms with Gasteiger partial charge in [0.15, 0.2) is 6.10 Å². The van der Waals surface area contributed by atoms with Gasteiger partial charge in [-0.1, -0.05) is 60.7 Å². The Balaban J connectivity index is 1.27. The predicted octanol–water partition coefficient (Wildman–Crippen LogP) is 5.00. The number of rotatable bonds is 6. The lowest BCUT2D eigenvalue weighted by molar-refractivity contribution is -0.140. The largest absolute Gasteiger partial charge is 0.481 e. The number of hydrogen-bond acceptors (Lipinski definition) is 3. The van der Waals surface area contributed by atoms with Gasteiger partial charge in [-0.25, -0.2) is 0 Å². The van der Waals surface area contributed by atoms with E-state index in [9.17, 15) is 9.59 Å². The molecule has 0 spiro atoms. The fourth-order valence-corrected chi connectivity index (χ4v) is 4.00. The molecule has 1 fully saturated rings. The first-order valence-corrected chi connectivity index (χ1v) is 11.1. The van der Waals surface area contributed by atoms with Gasteiger partial charge in [-0.2, -0.15) is 0 Å². The Morgan fingerprint density at radius 3 is 2.03 bits per heavy atom. The van der Waals surface area contributed by atoms with Gasteiger partial charge in [0.05, 0.1) is 0 Å². The Morgan fingerprint density at radius 2 is 1.41 bits per heavy atom. The zero-order valence-corrected chi connectivity index (χ0v) is 18.2. The second kappa shape index (κ2) is 10.1. The second-order valence-corrected chi connectivity index (χ2v) is 8.11. The Labute approximate surface area is 189 Å². The molecule has 0 aliphatic carbocycles. The number of nitrogens with zero attached hydrogens (tertiary/aromatic N) is 1. The molecule has 0 aromatic heterocycles. The predicted molar refractivity (Wildman–Crippen MR) is 126 cm³/mol. The van der Waals surface area contributed by atoms with E-state index in [0.29, 0.717) is 31.7 Å². The van der Waals surface area contributed by atoms with Crippen LogP contribution in [0.4, 0.5) is 5.69 Å². The number of piperidine rings is 1. The molecule has 5 nitrogen and oxygen atoms in total. The molecule has 1 heterocycles. The minimum Gasteiger partial charge on any atom is -0.481 e. The minimum atomic E-state index is -0.577. The van der Waals surface area contributed by atoms with E-state index in [-0.39, 0.29) is 17.7 Å². The van der Waals surface area contributed by atoms with E-state index in [2.05, 4.69) is 17.4 Å². The fourth-order valence-electron chi connectivity index (χ4n) is 4.00. The minimum absolute atomic E-state index is 0.0195. The van der Waals surface area contributed by atoms with Crippen molar-refractivity contribution < 1.29 is 14.3 Å². The molecule has 0 saturated carbocycles. The van der Waals surface area contributed by atoms with Crippen LogP contribution in [-0.2, 0) is 9.59 Å². The number of ether oxygens (including phenoxy) is 1.